The van der Waals surface area contributed by atoms with Gasteiger partial charge in [-0.1, -0.05) is 43.8 Å². The second-order valence-corrected chi connectivity index (χ2v) is 6.14. The van der Waals surface area contributed by atoms with E-state index in [-0.39, 0.29) is 5.56 Å². The molecule has 106 valence electrons. The second kappa shape index (κ2) is 6.75. The Kier molecular flexibility index (Phi) is 5.01. The molecule has 0 atom stereocenters. The van der Waals surface area contributed by atoms with Crippen molar-refractivity contribution in [3.05, 3.63) is 47.3 Å². The van der Waals surface area contributed by atoms with Crippen LogP contribution in [0, 0.1) is 5.92 Å². The molecule has 20 heavy (non-hydrogen) atoms. The van der Waals surface area contributed by atoms with Gasteiger partial charge in [-0.3, -0.25) is 9.36 Å². The van der Waals surface area contributed by atoms with Gasteiger partial charge in [0.05, 0.1) is 10.9 Å². The summed E-state index contributed by atoms with van der Waals surface area (Å²) in [5.74, 6) is 1.32. The summed E-state index contributed by atoms with van der Waals surface area (Å²) in [6.45, 7) is 8.77. The fraction of sp³-hybridized carbons (Fsp3) is 0.375. The maximum Gasteiger partial charge on any atom is 0.262 e. The molecule has 0 aliphatic heterocycles. The minimum Gasteiger partial charge on any atom is -0.287 e. The lowest BCUT2D eigenvalue weighted by atomic mass is 10.1. The van der Waals surface area contributed by atoms with Crippen LogP contribution in [0.2, 0.25) is 0 Å². The van der Waals surface area contributed by atoms with Gasteiger partial charge in [0.1, 0.15) is 0 Å². The van der Waals surface area contributed by atoms with E-state index in [4.69, 9.17) is 0 Å². The van der Waals surface area contributed by atoms with Crippen molar-refractivity contribution < 1.29 is 0 Å². The summed E-state index contributed by atoms with van der Waals surface area (Å²) in [6, 6.07) is 7.53. The third kappa shape index (κ3) is 3.31. The number of aromatic nitrogens is 2. The first-order valence-electron chi connectivity index (χ1n) is 6.86. The lowest BCUT2D eigenvalue weighted by molar-refractivity contribution is 0.481. The second-order valence-electron chi connectivity index (χ2n) is 5.15. The first kappa shape index (κ1) is 14.9. The Balaban J connectivity index is 2.51. The lowest BCUT2D eigenvalue weighted by Crippen LogP contribution is -2.24. The van der Waals surface area contributed by atoms with Crippen molar-refractivity contribution in [3.8, 4) is 0 Å². The van der Waals surface area contributed by atoms with Crippen molar-refractivity contribution in [2.24, 2.45) is 5.92 Å². The minimum absolute atomic E-state index is 0.0582. The summed E-state index contributed by atoms with van der Waals surface area (Å²) in [5, 5.41) is 1.48. The highest BCUT2D eigenvalue weighted by atomic mass is 32.2. The zero-order valence-corrected chi connectivity index (χ0v) is 12.8. The third-order valence-corrected chi connectivity index (χ3v) is 4.06. The van der Waals surface area contributed by atoms with Gasteiger partial charge >= 0.3 is 0 Å². The summed E-state index contributed by atoms with van der Waals surface area (Å²) < 4.78 is 1.80. The number of fused-ring (bicyclic) bond motifs is 1. The average Bonchev–Trinajstić information content (AvgIpc) is 2.44. The van der Waals surface area contributed by atoms with E-state index in [0.29, 0.717) is 17.8 Å². The van der Waals surface area contributed by atoms with Crippen molar-refractivity contribution >= 4 is 22.7 Å². The lowest BCUT2D eigenvalue weighted by Gasteiger charge is -2.13. The summed E-state index contributed by atoms with van der Waals surface area (Å²) in [4.78, 5) is 17.2. The van der Waals surface area contributed by atoms with Crippen molar-refractivity contribution in [3.63, 3.8) is 0 Å². The maximum absolute atomic E-state index is 12.6. The summed E-state index contributed by atoms with van der Waals surface area (Å²) in [6.07, 6.45) is 2.81. The van der Waals surface area contributed by atoms with Crippen LogP contribution in [0.4, 0.5) is 0 Å². The zero-order chi connectivity index (χ0) is 14.5. The molecule has 0 bridgehead atoms. The fourth-order valence-electron chi connectivity index (χ4n) is 1.98. The smallest absolute Gasteiger partial charge is 0.262 e. The van der Waals surface area contributed by atoms with Crippen LogP contribution in [-0.4, -0.2) is 15.3 Å². The number of benzene rings is 1. The molecule has 2 aromatic rings. The third-order valence-electron chi connectivity index (χ3n) is 3.09. The molecular formula is C16H20N2OS. The highest BCUT2D eigenvalue weighted by Crippen LogP contribution is 2.18. The Morgan fingerprint density at radius 3 is 2.85 bits per heavy atom. The van der Waals surface area contributed by atoms with Crippen molar-refractivity contribution in [2.45, 2.75) is 32.0 Å². The number of thioether (sulfide) groups is 1. The number of hydrogen-bond acceptors (Lipinski definition) is 3. The van der Waals surface area contributed by atoms with Crippen LogP contribution < -0.4 is 5.56 Å². The van der Waals surface area contributed by atoms with E-state index in [9.17, 15) is 4.79 Å². The first-order valence-corrected chi connectivity index (χ1v) is 7.85. The van der Waals surface area contributed by atoms with Gasteiger partial charge < -0.3 is 0 Å². The van der Waals surface area contributed by atoms with E-state index < -0.39 is 0 Å². The van der Waals surface area contributed by atoms with Gasteiger partial charge in [-0.15, -0.1) is 6.58 Å². The molecule has 3 nitrogen and oxygen atoms in total. The molecule has 1 heterocycles. The molecule has 0 saturated carbocycles. The standard InChI is InChI=1S/C16H20N2OS/c1-4-11-20-16-17-14-8-6-5-7-13(14)15(19)18(16)10-9-12(2)3/h4-8,12H,1,9-11H2,2-3H3. The van der Waals surface area contributed by atoms with Crippen LogP contribution in [0.25, 0.3) is 10.9 Å². The van der Waals surface area contributed by atoms with Crippen LogP contribution in [0.15, 0.2) is 46.9 Å². The Bertz CT molecular complexity index is 661. The van der Waals surface area contributed by atoms with E-state index in [0.717, 1.165) is 22.8 Å². The minimum atomic E-state index is 0.0582. The van der Waals surface area contributed by atoms with Gasteiger partial charge in [-0.2, -0.15) is 0 Å². The molecule has 1 aromatic heterocycles. The molecule has 0 saturated heterocycles. The predicted molar refractivity (Wildman–Crippen MR) is 86.4 cm³/mol. The van der Waals surface area contributed by atoms with Crippen LogP contribution in [0.1, 0.15) is 20.3 Å². The quantitative estimate of drug-likeness (QED) is 0.461. The summed E-state index contributed by atoms with van der Waals surface area (Å²) in [7, 11) is 0. The largest absolute Gasteiger partial charge is 0.287 e. The Morgan fingerprint density at radius 1 is 1.40 bits per heavy atom. The molecule has 0 fully saturated rings. The fourth-order valence-corrected chi connectivity index (χ4v) is 2.74. The van der Waals surface area contributed by atoms with Crippen LogP contribution in [0.5, 0.6) is 0 Å². The molecule has 4 heteroatoms. The van der Waals surface area contributed by atoms with Gasteiger partial charge in [0.2, 0.25) is 0 Å². The monoisotopic (exact) mass is 288 g/mol. The molecule has 0 N–H and O–H groups in total. The van der Waals surface area contributed by atoms with Crippen LogP contribution in [0.3, 0.4) is 0 Å². The number of nitrogens with zero attached hydrogens (tertiary/aromatic N) is 2. The van der Waals surface area contributed by atoms with Gasteiger partial charge in [-0.25, -0.2) is 4.98 Å². The van der Waals surface area contributed by atoms with E-state index in [2.05, 4.69) is 25.4 Å². The number of para-hydroxylation sites is 1. The van der Waals surface area contributed by atoms with Gasteiger partial charge in [0.15, 0.2) is 5.16 Å². The number of hydrogen-bond donors (Lipinski definition) is 0. The van der Waals surface area contributed by atoms with Gasteiger partial charge in [0.25, 0.3) is 5.56 Å². The van der Waals surface area contributed by atoms with Gasteiger partial charge in [0, 0.05) is 12.3 Å². The highest BCUT2D eigenvalue weighted by molar-refractivity contribution is 7.99. The highest BCUT2D eigenvalue weighted by Gasteiger charge is 2.11. The van der Waals surface area contributed by atoms with E-state index in [1.54, 1.807) is 16.3 Å². The van der Waals surface area contributed by atoms with Crippen LogP contribution in [-0.2, 0) is 6.54 Å². The Morgan fingerprint density at radius 2 is 2.15 bits per heavy atom. The van der Waals surface area contributed by atoms with Crippen molar-refractivity contribution in [2.75, 3.05) is 5.75 Å². The Hall–Kier alpha value is -1.55. The normalized spacial score (nSPS) is 11.2. The predicted octanol–water partition coefficient (Wildman–Crippen LogP) is 3.72. The molecule has 0 amide bonds. The Labute approximate surface area is 123 Å². The number of rotatable bonds is 6. The van der Waals surface area contributed by atoms with E-state index in [1.165, 1.54) is 0 Å². The molecule has 0 aliphatic carbocycles. The van der Waals surface area contributed by atoms with Crippen molar-refractivity contribution in [1.82, 2.24) is 9.55 Å². The molecular weight excluding hydrogens is 268 g/mol. The summed E-state index contributed by atoms with van der Waals surface area (Å²) >= 11 is 1.56. The molecule has 0 spiro atoms. The molecule has 0 radical (unpaired) electrons. The van der Waals surface area contributed by atoms with Crippen molar-refractivity contribution in [1.29, 1.82) is 0 Å². The molecule has 2 rings (SSSR count). The molecule has 1 aromatic carbocycles. The van der Waals surface area contributed by atoms with E-state index >= 15 is 0 Å². The molecule has 0 unspecified atom stereocenters. The average molecular weight is 288 g/mol. The van der Waals surface area contributed by atoms with Gasteiger partial charge in [-0.05, 0) is 24.5 Å². The first-order chi connectivity index (χ1) is 9.63. The molecule has 0 aliphatic rings. The topological polar surface area (TPSA) is 34.9 Å². The van der Waals surface area contributed by atoms with Crippen LogP contribution >= 0.6 is 11.8 Å². The maximum atomic E-state index is 12.6. The van der Waals surface area contributed by atoms with E-state index in [1.807, 2.05) is 30.3 Å². The summed E-state index contributed by atoms with van der Waals surface area (Å²) in [5.41, 5.74) is 0.827. The SMILES string of the molecule is C=CCSc1nc2ccccc2c(=O)n1CCC(C)C. The zero-order valence-electron chi connectivity index (χ0n) is 12.0.